The van der Waals surface area contributed by atoms with Crippen LogP contribution in [0.15, 0.2) is 0 Å². The fourth-order valence-electron chi connectivity index (χ4n) is 3.13. The summed E-state index contributed by atoms with van der Waals surface area (Å²) in [6, 6.07) is 0.691. The van der Waals surface area contributed by atoms with E-state index in [1.54, 1.807) is 0 Å². The molecule has 0 unspecified atom stereocenters. The van der Waals surface area contributed by atoms with Gasteiger partial charge in [0.2, 0.25) is 0 Å². The van der Waals surface area contributed by atoms with E-state index in [0.29, 0.717) is 12.0 Å². The van der Waals surface area contributed by atoms with Crippen LogP contribution in [-0.4, -0.2) is 23.8 Å². The average molecular weight is 211 g/mol. The summed E-state index contributed by atoms with van der Waals surface area (Å²) in [4.78, 5) is 0. The molecule has 0 aromatic rings. The minimum atomic E-state index is -0.0174. The molecule has 0 aromatic heterocycles. The number of aliphatic hydroxyl groups excluding tert-OH is 1. The first-order valence-electron chi connectivity index (χ1n) is 6.78. The Bertz CT molecular complexity index is 177. The molecule has 2 aliphatic rings. The number of hydrogen-bond donors (Lipinski definition) is 2. The fraction of sp³-hybridized carbons (Fsp3) is 1.00. The van der Waals surface area contributed by atoms with Crippen molar-refractivity contribution in [2.24, 2.45) is 5.92 Å². The van der Waals surface area contributed by atoms with Crippen molar-refractivity contribution < 1.29 is 5.11 Å². The van der Waals surface area contributed by atoms with Gasteiger partial charge in [-0.15, -0.1) is 0 Å². The van der Waals surface area contributed by atoms with Gasteiger partial charge in [0.15, 0.2) is 0 Å². The molecular weight excluding hydrogens is 186 g/mol. The monoisotopic (exact) mass is 211 g/mol. The lowest BCUT2D eigenvalue weighted by molar-refractivity contribution is 0.0869. The highest BCUT2D eigenvalue weighted by Gasteiger charge is 2.25. The molecule has 1 aliphatic carbocycles. The predicted molar refractivity (Wildman–Crippen MR) is 62.8 cm³/mol. The van der Waals surface area contributed by atoms with Gasteiger partial charge in [0.25, 0.3) is 0 Å². The maximum Gasteiger partial charge on any atom is 0.0569 e. The van der Waals surface area contributed by atoms with Crippen molar-refractivity contribution in [2.75, 3.05) is 6.54 Å². The molecule has 1 heterocycles. The highest BCUT2D eigenvalue weighted by Crippen LogP contribution is 2.28. The first kappa shape index (κ1) is 11.4. The Hall–Kier alpha value is -0.0800. The smallest absolute Gasteiger partial charge is 0.0569 e. The van der Waals surface area contributed by atoms with Crippen LogP contribution < -0.4 is 5.32 Å². The van der Waals surface area contributed by atoms with Crippen LogP contribution in [0.1, 0.15) is 57.8 Å². The van der Waals surface area contributed by atoms with Gasteiger partial charge in [0, 0.05) is 6.04 Å². The molecule has 2 rings (SSSR count). The molecule has 2 N–H and O–H groups in total. The third kappa shape index (κ3) is 3.46. The summed E-state index contributed by atoms with van der Waals surface area (Å²) in [5.41, 5.74) is 0. The maximum atomic E-state index is 10.1. The van der Waals surface area contributed by atoms with Gasteiger partial charge in [0.05, 0.1) is 6.10 Å². The van der Waals surface area contributed by atoms with Crippen LogP contribution in [0.5, 0.6) is 0 Å². The van der Waals surface area contributed by atoms with Gasteiger partial charge in [-0.1, -0.05) is 25.7 Å². The van der Waals surface area contributed by atoms with Crippen molar-refractivity contribution in [1.82, 2.24) is 5.32 Å². The van der Waals surface area contributed by atoms with Crippen molar-refractivity contribution in [1.29, 1.82) is 0 Å². The second kappa shape index (κ2) is 5.86. The molecule has 3 atom stereocenters. The molecule has 2 fully saturated rings. The van der Waals surface area contributed by atoms with Crippen LogP contribution in [0.3, 0.4) is 0 Å². The molecule has 2 nitrogen and oxygen atoms in total. The van der Waals surface area contributed by atoms with Crippen LogP contribution in [0.25, 0.3) is 0 Å². The van der Waals surface area contributed by atoms with Gasteiger partial charge in [-0.25, -0.2) is 0 Å². The van der Waals surface area contributed by atoms with E-state index in [1.165, 1.54) is 57.9 Å². The summed E-state index contributed by atoms with van der Waals surface area (Å²) < 4.78 is 0. The van der Waals surface area contributed by atoms with E-state index >= 15 is 0 Å². The van der Waals surface area contributed by atoms with Gasteiger partial charge >= 0.3 is 0 Å². The third-order valence-electron chi connectivity index (χ3n) is 4.12. The van der Waals surface area contributed by atoms with E-state index in [4.69, 9.17) is 0 Å². The molecule has 88 valence electrons. The summed E-state index contributed by atoms with van der Waals surface area (Å²) in [6.45, 7) is 1.19. The quantitative estimate of drug-likeness (QED) is 0.688. The highest BCUT2D eigenvalue weighted by molar-refractivity contribution is 4.80. The van der Waals surface area contributed by atoms with Crippen molar-refractivity contribution in [3.8, 4) is 0 Å². The Morgan fingerprint density at radius 1 is 0.933 bits per heavy atom. The van der Waals surface area contributed by atoms with Gasteiger partial charge in [-0.05, 0) is 44.6 Å². The molecule has 2 heteroatoms. The topological polar surface area (TPSA) is 32.3 Å². The summed E-state index contributed by atoms with van der Waals surface area (Å²) in [6.07, 6.45) is 11.4. The average Bonchev–Trinajstić information content (AvgIpc) is 2.46. The minimum absolute atomic E-state index is 0.0174. The molecule has 1 saturated carbocycles. The van der Waals surface area contributed by atoms with Crippen LogP contribution in [0.4, 0.5) is 0 Å². The third-order valence-corrected chi connectivity index (χ3v) is 4.12. The molecule has 1 aliphatic heterocycles. The SMILES string of the molecule is O[C@@H]1CCCCC[C@H]1C[C@@H]1CCCCN1. The Labute approximate surface area is 93.5 Å². The van der Waals surface area contributed by atoms with E-state index in [2.05, 4.69) is 5.32 Å². The zero-order valence-corrected chi connectivity index (χ0v) is 9.75. The van der Waals surface area contributed by atoms with Crippen molar-refractivity contribution in [3.05, 3.63) is 0 Å². The maximum absolute atomic E-state index is 10.1. The Kier molecular flexibility index (Phi) is 4.45. The molecule has 0 spiro atoms. The largest absolute Gasteiger partial charge is 0.393 e. The van der Waals surface area contributed by atoms with E-state index < -0.39 is 0 Å². The first-order valence-corrected chi connectivity index (χ1v) is 6.78. The zero-order chi connectivity index (χ0) is 10.5. The van der Waals surface area contributed by atoms with E-state index in [-0.39, 0.29) is 6.10 Å². The summed E-state index contributed by atoms with van der Waals surface area (Å²) in [5, 5.41) is 13.6. The van der Waals surface area contributed by atoms with Crippen LogP contribution in [0, 0.1) is 5.92 Å². The van der Waals surface area contributed by atoms with Gasteiger partial charge in [0.1, 0.15) is 0 Å². The molecule has 0 bridgehead atoms. The Morgan fingerprint density at radius 3 is 2.53 bits per heavy atom. The molecule has 0 radical (unpaired) electrons. The fourth-order valence-corrected chi connectivity index (χ4v) is 3.13. The van der Waals surface area contributed by atoms with E-state index in [9.17, 15) is 5.11 Å². The lowest BCUT2D eigenvalue weighted by Gasteiger charge is -2.29. The summed E-state index contributed by atoms with van der Waals surface area (Å²) in [7, 11) is 0. The summed E-state index contributed by atoms with van der Waals surface area (Å²) in [5.74, 6) is 0.572. The highest BCUT2D eigenvalue weighted by atomic mass is 16.3. The number of hydrogen-bond acceptors (Lipinski definition) is 2. The van der Waals surface area contributed by atoms with E-state index in [0.717, 1.165) is 6.42 Å². The second-order valence-corrected chi connectivity index (χ2v) is 5.35. The lowest BCUT2D eigenvalue weighted by atomic mass is 9.87. The number of aliphatic hydroxyl groups is 1. The van der Waals surface area contributed by atoms with Crippen molar-refractivity contribution in [2.45, 2.75) is 69.9 Å². The Balaban J connectivity index is 1.79. The van der Waals surface area contributed by atoms with Gasteiger partial charge in [-0.3, -0.25) is 0 Å². The van der Waals surface area contributed by atoms with Gasteiger partial charge in [-0.2, -0.15) is 0 Å². The minimum Gasteiger partial charge on any atom is -0.393 e. The zero-order valence-electron chi connectivity index (χ0n) is 9.75. The molecule has 1 saturated heterocycles. The van der Waals surface area contributed by atoms with E-state index in [1.807, 2.05) is 0 Å². The Morgan fingerprint density at radius 2 is 1.73 bits per heavy atom. The molecule has 15 heavy (non-hydrogen) atoms. The van der Waals surface area contributed by atoms with Crippen LogP contribution in [0.2, 0.25) is 0 Å². The molecule has 0 aromatic carbocycles. The summed E-state index contributed by atoms with van der Waals surface area (Å²) >= 11 is 0. The number of piperidine rings is 1. The lowest BCUT2D eigenvalue weighted by Crippen LogP contribution is -2.37. The molecule has 0 amide bonds. The first-order chi connectivity index (χ1) is 7.36. The number of nitrogens with one attached hydrogen (secondary N) is 1. The number of rotatable bonds is 2. The normalized spacial score (nSPS) is 38.6. The van der Waals surface area contributed by atoms with Crippen LogP contribution in [-0.2, 0) is 0 Å². The van der Waals surface area contributed by atoms with Gasteiger partial charge < -0.3 is 10.4 Å². The van der Waals surface area contributed by atoms with Crippen molar-refractivity contribution >= 4 is 0 Å². The van der Waals surface area contributed by atoms with Crippen LogP contribution >= 0.6 is 0 Å². The van der Waals surface area contributed by atoms with Crippen molar-refractivity contribution in [3.63, 3.8) is 0 Å². The standard InChI is InChI=1S/C13H25NO/c15-13-8-3-1-2-6-11(13)10-12-7-4-5-9-14-12/h11-15H,1-10H2/t11-,12-,13+/m0/s1. The molecular formula is C13H25NO. The second-order valence-electron chi connectivity index (χ2n) is 5.35. The predicted octanol–water partition coefficient (Wildman–Crippen LogP) is 2.46.